The molecule has 0 radical (unpaired) electrons. The summed E-state index contributed by atoms with van der Waals surface area (Å²) in [5, 5.41) is 3.90. The number of nitrogens with one attached hydrogen (secondary N) is 1. The van der Waals surface area contributed by atoms with Crippen LogP contribution in [0.1, 0.15) is 29.6 Å². The van der Waals surface area contributed by atoms with Gasteiger partial charge in [-0.05, 0) is 18.9 Å². The lowest BCUT2D eigenvalue weighted by molar-refractivity contribution is -0.121. The predicted octanol–water partition coefficient (Wildman–Crippen LogP) is 1.67. The van der Waals surface area contributed by atoms with E-state index in [0.717, 1.165) is 29.3 Å². The molecule has 5 nitrogen and oxygen atoms in total. The fraction of sp³-hybridized carbons (Fsp3) is 0.412. The van der Waals surface area contributed by atoms with Crippen LogP contribution in [0.25, 0.3) is 10.9 Å². The molecule has 2 amide bonds. The standard InChI is InChI=1S/C17H19N3O2/c1-19-10-14(13-4-2-3-5-15(13)19)17(22)20-11-6-7-12(20)9-18-16(21)8-11/h2-5,10-12H,6-9H2,1H3,(H,18,21)/t11-,12+/m0/s1. The van der Waals surface area contributed by atoms with Crippen LogP contribution < -0.4 is 5.32 Å². The van der Waals surface area contributed by atoms with Gasteiger partial charge < -0.3 is 14.8 Å². The molecule has 0 spiro atoms. The zero-order valence-electron chi connectivity index (χ0n) is 12.6. The first kappa shape index (κ1) is 13.4. The highest BCUT2D eigenvalue weighted by atomic mass is 16.2. The van der Waals surface area contributed by atoms with Crippen LogP contribution in [-0.2, 0) is 11.8 Å². The molecule has 0 unspecified atom stereocenters. The van der Waals surface area contributed by atoms with Crippen molar-refractivity contribution in [1.82, 2.24) is 14.8 Å². The first-order valence-electron chi connectivity index (χ1n) is 7.78. The number of rotatable bonds is 1. The van der Waals surface area contributed by atoms with E-state index >= 15 is 0 Å². The summed E-state index contributed by atoms with van der Waals surface area (Å²) in [5.41, 5.74) is 1.80. The van der Waals surface area contributed by atoms with E-state index in [2.05, 4.69) is 5.32 Å². The maximum Gasteiger partial charge on any atom is 0.256 e. The fourth-order valence-corrected chi connectivity index (χ4v) is 3.86. The molecule has 2 saturated heterocycles. The molecule has 0 saturated carbocycles. The van der Waals surface area contributed by atoms with E-state index in [0.29, 0.717) is 13.0 Å². The van der Waals surface area contributed by atoms with Gasteiger partial charge in [-0.3, -0.25) is 9.59 Å². The molecule has 0 aliphatic carbocycles. The molecular formula is C17H19N3O2. The first-order chi connectivity index (χ1) is 10.6. The van der Waals surface area contributed by atoms with Crippen molar-refractivity contribution in [3.05, 3.63) is 36.0 Å². The number of amides is 2. The van der Waals surface area contributed by atoms with E-state index in [4.69, 9.17) is 0 Å². The van der Waals surface area contributed by atoms with Gasteiger partial charge >= 0.3 is 0 Å². The van der Waals surface area contributed by atoms with E-state index in [1.807, 2.05) is 47.0 Å². The summed E-state index contributed by atoms with van der Waals surface area (Å²) in [5.74, 6) is 0.115. The molecule has 4 rings (SSSR count). The molecule has 1 N–H and O–H groups in total. The van der Waals surface area contributed by atoms with Crippen LogP contribution in [-0.4, -0.2) is 39.9 Å². The summed E-state index contributed by atoms with van der Waals surface area (Å²) in [4.78, 5) is 26.8. The van der Waals surface area contributed by atoms with Crippen LogP contribution in [0.4, 0.5) is 0 Å². The molecule has 2 atom stereocenters. The summed E-state index contributed by atoms with van der Waals surface area (Å²) in [7, 11) is 1.96. The largest absolute Gasteiger partial charge is 0.354 e. The van der Waals surface area contributed by atoms with Crippen molar-refractivity contribution in [2.45, 2.75) is 31.3 Å². The van der Waals surface area contributed by atoms with Crippen molar-refractivity contribution in [2.24, 2.45) is 7.05 Å². The maximum atomic E-state index is 13.1. The molecule has 2 aliphatic rings. The first-order valence-corrected chi connectivity index (χ1v) is 7.78. The second-order valence-electron chi connectivity index (χ2n) is 6.28. The van der Waals surface area contributed by atoms with Crippen molar-refractivity contribution in [3.8, 4) is 0 Å². The molecular weight excluding hydrogens is 278 g/mol. The third kappa shape index (κ3) is 1.92. The van der Waals surface area contributed by atoms with Crippen LogP contribution in [0.2, 0.25) is 0 Å². The third-order valence-electron chi connectivity index (χ3n) is 4.94. The number of aryl methyl sites for hydroxylation is 1. The van der Waals surface area contributed by atoms with Crippen LogP contribution in [0, 0.1) is 0 Å². The molecule has 2 aliphatic heterocycles. The van der Waals surface area contributed by atoms with Crippen molar-refractivity contribution in [1.29, 1.82) is 0 Å². The van der Waals surface area contributed by atoms with Gasteiger partial charge in [-0.15, -0.1) is 0 Å². The van der Waals surface area contributed by atoms with Crippen LogP contribution in [0.15, 0.2) is 30.5 Å². The molecule has 2 bridgehead atoms. The Labute approximate surface area is 128 Å². The summed E-state index contributed by atoms with van der Waals surface area (Å²) >= 11 is 0. The Morgan fingerprint density at radius 1 is 1.23 bits per heavy atom. The number of hydrogen-bond donors (Lipinski definition) is 1. The third-order valence-corrected chi connectivity index (χ3v) is 4.94. The molecule has 1 aromatic heterocycles. The zero-order valence-corrected chi connectivity index (χ0v) is 12.6. The average Bonchev–Trinajstić information content (AvgIpc) is 3.00. The number of fused-ring (bicyclic) bond motifs is 3. The van der Waals surface area contributed by atoms with E-state index in [1.54, 1.807) is 0 Å². The van der Waals surface area contributed by atoms with Gasteiger partial charge in [-0.1, -0.05) is 18.2 Å². The second-order valence-corrected chi connectivity index (χ2v) is 6.28. The minimum Gasteiger partial charge on any atom is -0.354 e. The highest BCUT2D eigenvalue weighted by molar-refractivity contribution is 6.07. The van der Waals surface area contributed by atoms with E-state index < -0.39 is 0 Å². The fourth-order valence-electron chi connectivity index (χ4n) is 3.86. The smallest absolute Gasteiger partial charge is 0.256 e. The molecule has 114 valence electrons. The van der Waals surface area contributed by atoms with Crippen molar-refractivity contribution in [3.63, 3.8) is 0 Å². The number of para-hydroxylation sites is 1. The van der Waals surface area contributed by atoms with Crippen molar-refractivity contribution < 1.29 is 9.59 Å². The van der Waals surface area contributed by atoms with E-state index in [1.165, 1.54) is 0 Å². The molecule has 1 aromatic carbocycles. The Hall–Kier alpha value is -2.30. The van der Waals surface area contributed by atoms with Gasteiger partial charge in [0.1, 0.15) is 0 Å². The lowest BCUT2D eigenvalue weighted by Crippen LogP contribution is -2.42. The Balaban J connectivity index is 1.76. The normalized spacial score (nSPS) is 24.4. The highest BCUT2D eigenvalue weighted by Crippen LogP contribution is 2.32. The minimum atomic E-state index is 0.0407. The van der Waals surface area contributed by atoms with Gasteiger partial charge in [0.05, 0.1) is 5.56 Å². The molecule has 5 heteroatoms. The summed E-state index contributed by atoms with van der Waals surface area (Å²) in [6, 6.07) is 8.12. The van der Waals surface area contributed by atoms with Crippen molar-refractivity contribution in [2.75, 3.05) is 6.54 Å². The summed E-state index contributed by atoms with van der Waals surface area (Å²) in [6.45, 7) is 0.575. The lowest BCUT2D eigenvalue weighted by atomic mass is 10.1. The Bertz CT molecular complexity index is 764. The summed E-state index contributed by atoms with van der Waals surface area (Å²) < 4.78 is 1.99. The molecule has 3 heterocycles. The van der Waals surface area contributed by atoms with Gasteiger partial charge in [0.2, 0.25) is 5.91 Å². The predicted molar refractivity (Wildman–Crippen MR) is 83.5 cm³/mol. The van der Waals surface area contributed by atoms with Gasteiger partial charge in [0, 0.05) is 49.2 Å². The maximum absolute atomic E-state index is 13.1. The Kier molecular flexibility index (Phi) is 2.96. The number of aromatic nitrogens is 1. The number of hydrogen-bond acceptors (Lipinski definition) is 2. The lowest BCUT2D eigenvalue weighted by Gasteiger charge is -2.27. The number of benzene rings is 1. The molecule has 22 heavy (non-hydrogen) atoms. The highest BCUT2D eigenvalue weighted by Gasteiger charge is 2.41. The van der Waals surface area contributed by atoms with Gasteiger partial charge in [-0.25, -0.2) is 0 Å². The minimum absolute atomic E-state index is 0.0407. The number of carbonyl (C=O) groups excluding carboxylic acids is 2. The Morgan fingerprint density at radius 3 is 2.86 bits per heavy atom. The quantitative estimate of drug-likeness (QED) is 0.870. The van der Waals surface area contributed by atoms with Crippen LogP contribution in [0.3, 0.4) is 0 Å². The SMILES string of the molecule is Cn1cc(C(=O)N2[C@@H]3CC[C@H]2CC(=O)NC3)c2ccccc21. The number of nitrogens with zero attached hydrogens (tertiary/aromatic N) is 2. The van der Waals surface area contributed by atoms with E-state index in [-0.39, 0.29) is 23.9 Å². The average molecular weight is 297 g/mol. The second kappa shape index (κ2) is 4.87. The van der Waals surface area contributed by atoms with Gasteiger partial charge in [0.15, 0.2) is 0 Å². The van der Waals surface area contributed by atoms with Crippen LogP contribution in [0.5, 0.6) is 0 Å². The monoisotopic (exact) mass is 297 g/mol. The van der Waals surface area contributed by atoms with Gasteiger partial charge in [0.25, 0.3) is 5.91 Å². The zero-order chi connectivity index (χ0) is 15.3. The van der Waals surface area contributed by atoms with Crippen LogP contribution >= 0.6 is 0 Å². The molecule has 2 fully saturated rings. The number of carbonyl (C=O) groups is 2. The molecule has 2 aromatic rings. The summed E-state index contributed by atoms with van der Waals surface area (Å²) in [6.07, 6.45) is 4.23. The Morgan fingerprint density at radius 2 is 2.00 bits per heavy atom. The van der Waals surface area contributed by atoms with Crippen molar-refractivity contribution >= 4 is 22.7 Å². The van der Waals surface area contributed by atoms with Gasteiger partial charge in [-0.2, -0.15) is 0 Å². The van der Waals surface area contributed by atoms with E-state index in [9.17, 15) is 9.59 Å². The topological polar surface area (TPSA) is 54.3 Å².